The van der Waals surface area contributed by atoms with E-state index in [1.807, 2.05) is 30.3 Å². The molecule has 2 aromatic carbocycles. The van der Waals surface area contributed by atoms with Crippen LogP contribution in [-0.2, 0) is 6.54 Å². The van der Waals surface area contributed by atoms with Crippen LogP contribution in [0, 0.1) is 0 Å². The third-order valence-electron chi connectivity index (χ3n) is 4.65. The van der Waals surface area contributed by atoms with Gasteiger partial charge in [0.25, 0.3) is 5.91 Å². The summed E-state index contributed by atoms with van der Waals surface area (Å²) < 4.78 is 5.55. The Balaban J connectivity index is 1.83. The van der Waals surface area contributed by atoms with Crippen molar-refractivity contribution >= 4 is 5.91 Å². The van der Waals surface area contributed by atoms with Crippen LogP contribution in [0.2, 0.25) is 0 Å². The van der Waals surface area contributed by atoms with Gasteiger partial charge in [-0.25, -0.2) is 0 Å². The maximum Gasteiger partial charge on any atom is 0.251 e. The van der Waals surface area contributed by atoms with Gasteiger partial charge in [0.05, 0.1) is 13.2 Å². The molecular weight excluding hydrogens is 314 g/mol. The van der Waals surface area contributed by atoms with Crippen LogP contribution in [-0.4, -0.2) is 44.6 Å². The predicted molar refractivity (Wildman–Crippen MR) is 98.8 cm³/mol. The number of hydrogen-bond donors (Lipinski definition) is 2. The summed E-state index contributed by atoms with van der Waals surface area (Å²) in [4.78, 5) is 14.3. The highest BCUT2D eigenvalue weighted by Crippen LogP contribution is 2.31. The van der Waals surface area contributed by atoms with Crippen molar-refractivity contribution in [2.45, 2.75) is 12.6 Å². The van der Waals surface area contributed by atoms with Gasteiger partial charge in [0, 0.05) is 44.4 Å². The summed E-state index contributed by atoms with van der Waals surface area (Å²) in [6.07, 6.45) is 0. The van der Waals surface area contributed by atoms with E-state index in [1.54, 1.807) is 14.2 Å². The molecule has 1 heterocycles. The zero-order valence-electron chi connectivity index (χ0n) is 14.8. The number of hydrogen-bond acceptors (Lipinski definition) is 4. The second-order valence-electron chi connectivity index (χ2n) is 6.21. The van der Waals surface area contributed by atoms with E-state index in [-0.39, 0.29) is 11.9 Å². The number of carbonyl (C=O) groups is 1. The summed E-state index contributed by atoms with van der Waals surface area (Å²) in [5.41, 5.74) is 3.03. The molecular formula is C20H25N3O2. The number of nitrogens with one attached hydrogen (secondary N) is 2. The molecule has 1 aliphatic heterocycles. The van der Waals surface area contributed by atoms with Crippen molar-refractivity contribution in [3.8, 4) is 5.75 Å². The van der Waals surface area contributed by atoms with Crippen LogP contribution in [0.5, 0.6) is 5.75 Å². The fraction of sp³-hybridized carbons (Fsp3) is 0.350. The average Bonchev–Trinajstić information content (AvgIpc) is 2.68. The molecule has 5 heteroatoms. The largest absolute Gasteiger partial charge is 0.496 e. The maximum atomic E-state index is 11.9. The Hall–Kier alpha value is -2.37. The number of carbonyl (C=O) groups excluding carboxylic acids is 1. The topological polar surface area (TPSA) is 53.6 Å². The molecule has 1 unspecified atom stereocenters. The van der Waals surface area contributed by atoms with E-state index in [4.69, 9.17) is 4.74 Å². The van der Waals surface area contributed by atoms with Crippen LogP contribution >= 0.6 is 0 Å². The maximum absolute atomic E-state index is 11.9. The van der Waals surface area contributed by atoms with Crippen LogP contribution in [0.25, 0.3) is 0 Å². The van der Waals surface area contributed by atoms with E-state index < -0.39 is 0 Å². The van der Waals surface area contributed by atoms with Crippen molar-refractivity contribution in [1.82, 2.24) is 15.5 Å². The normalized spacial score (nSPS) is 17.9. The highest BCUT2D eigenvalue weighted by Gasteiger charge is 2.26. The molecule has 1 aliphatic rings. The first-order chi connectivity index (χ1) is 12.2. The van der Waals surface area contributed by atoms with Crippen LogP contribution in [0.15, 0.2) is 48.5 Å². The summed E-state index contributed by atoms with van der Waals surface area (Å²) in [6, 6.07) is 16.3. The van der Waals surface area contributed by atoms with Crippen molar-refractivity contribution in [2.75, 3.05) is 33.8 Å². The first kappa shape index (κ1) is 17.5. The monoisotopic (exact) mass is 339 g/mol. The first-order valence-corrected chi connectivity index (χ1v) is 8.61. The number of benzene rings is 2. The van der Waals surface area contributed by atoms with Crippen molar-refractivity contribution < 1.29 is 9.53 Å². The van der Waals surface area contributed by atoms with Gasteiger partial charge in [0.15, 0.2) is 0 Å². The van der Waals surface area contributed by atoms with Gasteiger partial charge in [-0.15, -0.1) is 0 Å². The second kappa shape index (κ2) is 8.14. The van der Waals surface area contributed by atoms with Crippen molar-refractivity contribution in [3.05, 3.63) is 65.2 Å². The Morgan fingerprint density at radius 2 is 2.12 bits per heavy atom. The standard InChI is InChI=1S/C20H25N3O2/c1-21-20(24)16-7-5-6-15(12-16)14-23-11-10-22-13-18(23)17-8-3-4-9-19(17)25-2/h3-9,12,18,22H,10-11,13-14H2,1-2H3,(H,21,24). The minimum atomic E-state index is -0.0524. The molecule has 1 atom stereocenters. The molecule has 5 nitrogen and oxygen atoms in total. The van der Waals surface area contributed by atoms with E-state index in [1.165, 1.54) is 5.56 Å². The fourth-order valence-electron chi connectivity index (χ4n) is 3.37. The fourth-order valence-corrected chi connectivity index (χ4v) is 3.37. The molecule has 0 aromatic heterocycles. The van der Waals surface area contributed by atoms with Gasteiger partial charge in [-0.2, -0.15) is 0 Å². The highest BCUT2D eigenvalue weighted by molar-refractivity contribution is 5.94. The molecule has 132 valence electrons. The number of para-hydroxylation sites is 1. The molecule has 25 heavy (non-hydrogen) atoms. The van der Waals surface area contributed by atoms with Gasteiger partial charge in [0.2, 0.25) is 0 Å². The van der Waals surface area contributed by atoms with Crippen LogP contribution in [0.1, 0.15) is 27.5 Å². The van der Waals surface area contributed by atoms with E-state index in [0.717, 1.165) is 37.5 Å². The highest BCUT2D eigenvalue weighted by atomic mass is 16.5. The lowest BCUT2D eigenvalue weighted by Crippen LogP contribution is -2.45. The van der Waals surface area contributed by atoms with Gasteiger partial charge >= 0.3 is 0 Å². The van der Waals surface area contributed by atoms with Gasteiger partial charge in [-0.05, 0) is 23.8 Å². The molecule has 0 spiro atoms. The summed E-state index contributed by atoms with van der Waals surface area (Å²) in [5, 5.41) is 6.16. The van der Waals surface area contributed by atoms with Crippen LogP contribution in [0.3, 0.4) is 0 Å². The zero-order valence-corrected chi connectivity index (χ0v) is 14.8. The van der Waals surface area contributed by atoms with Crippen LogP contribution in [0.4, 0.5) is 0 Å². The quantitative estimate of drug-likeness (QED) is 0.877. The molecule has 2 aromatic rings. The second-order valence-corrected chi connectivity index (χ2v) is 6.21. The summed E-state index contributed by atoms with van der Waals surface area (Å²) in [5.74, 6) is 0.865. The molecule has 0 radical (unpaired) electrons. The first-order valence-electron chi connectivity index (χ1n) is 8.61. The number of amides is 1. The minimum Gasteiger partial charge on any atom is -0.496 e. The third kappa shape index (κ3) is 4.00. The Labute approximate surface area is 149 Å². The van der Waals surface area contributed by atoms with Gasteiger partial charge in [0.1, 0.15) is 5.75 Å². The third-order valence-corrected chi connectivity index (χ3v) is 4.65. The lowest BCUT2D eigenvalue weighted by atomic mass is 10.0. The lowest BCUT2D eigenvalue weighted by Gasteiger charge is -2.37. The number of piperazine rings is 1. The van der Waals surface area contributed by atoms with E-state index in [2.05, 4.69) is 33.7 Å². The summed E-state index contributed by atoms with van der Waals surface area (Å²) >= 11 is 0. The van der Waals surface area contributed by atoms with Crippen molar-refractivity contribution in [2.24, 2.45) is 0 Å². The summed E-state index contributed by atoms with van der Waals surface area (Å²) in [6.45, 7) is 3.60. The van der Waals surface area contributed by atoms with Crippen molar-refractivity contribution in [3.63, 3.8) is 0 Å². The smallest absolute Gasteiger partial charge is 0.251 e. The molecule has 0 bridgehead atoms. The lowest BCUT2D eigenvalue weighted by molar-refractivity contribution is 0.0962. The number of rotatable bonds is 5. The minimum absolute atomic E-state index is 0.0524. The van der Waals surface area contributed by atoms with Crippen molar-refractivity contribution in [1.29, 1.82) is 0 Å². The van der Waals surface area contributed by atoms with Gasteiger partial charge in [-0.3, -0.25) is 9.69 Å². The van der Waals surface area contributed by atoms with E-state index in [9.17, 15) is 4.79 Å². The SMILES string of the molecule is CNC(=O)c1cccc(CN2CCNCC2c2ccccc2OC)c1. The number of nitrogens with zero attached hydrogens (tertiary/aromatic N) is 1. The number of ether oxygens (including phenoxy) is 1. The van der Waals surface area contributed by atoms with Crippen LogP contribution < -0.4 is 15.4 Å². The zero-order chi connectivity index (χ0) is 17.6. The Morgan fingerprint density at radius 1 is 1.28 bits per heavy atom. The molecule has 1 amide bonds. The molecule has 1 fully saturated rings. The predicted octanol–water partition coefficient (Wildman–Crippen LogP) is 2.20. The Bertz CT molecular complexity index is 732. The van der Waals surface area contributed by atoms with E-state index >= 15 is 0 Å². The molecule has 3 rings (SSSR count). The summed E-state index contributed by atoms with van der Waals surface area (Å²) in [7, 11) is 3.37. The Kier molecular flexibility index (Phi) is 5.68. The Morgan fingerprint density at radius 3 is 2.92 bits per heavy atom. The van der Waals surface area contributed by atoms with Gasteiger partial charge in [-0.1, -0.05) is 30.3 Å². The molecule has 0 saturated carbocycles. The van der Waals surface area contributed by atoms with E-state index in [0.29, 0.717) is 5.56 Å². The van der Waals surface area contributed by atoms with Gasteiger partial charge < -0.3 is 15.4 Å². The number of methoxy groups -OCH3 is 1. The molecule has 1 saturated heterocycles. The average molecular weight is 339 g/mol. The molecule has 2 N–H and O–H groups in total. The molecule has 0 aliphatic carbocycles.